The third-order valence-electron chi connectivity index (χ3n) is 1.56. The molecular formula is C10H12N2. The molecule has 62 valence electrons. The van der Waals surface area contributed by atoms with Gasteiger partial charge in [-0.25, -0.2) is 0 Å². The largest absolute Gasteiger partial charge is 0.405 e. The second-order valence-corrected chi connectivity index (χ2v) is 2.33. The highest BCUT2D eigenvalue weighted by molar-refractivity contribution is 6.08. The molecule has 0 radical (unpaired) electrons. The molecule has 0 unspecified atom stereocenters. The van der Waals surface area contributed by atoms with Gasteiger partial charge in [-0.2, -0.15) is 0 Å². The van der Waals surface area contributed by atoms with E-state index in [-0.39, 0.29) is 0 Å². The molecule has 12 heavy (non-hydrogen) atoms. The summed E-state index contributed by atoms with van der Waals surface area (Å²) in [7, 11) is 1.75. The van der Waals surface area contributed by atoms with Gasteiger partial charge in [0.1, 0.15) is 0 Å². The molecule has 1 aromatic rings. The van der Waals surface area contributed by atoms with Crippen molar-refractivity contribution in [1.29, 1.82) is 0 Å². The molecule has 0 aliphatic rings. The lowest BCUT2D eigenvalue weighted by molar-refractivity contribution is 1.43. The van der Waals surface area contributed by atoms with E-state index in [0.29, 0.717) is 0 Å². The summed E-state index contributed by atoms with van der Waals surface area (Å²) in [5, 5.41) is 0. The molecule has 1 rings (SSSR count). The molecule has 2 nitrogen and oxygen atoms in total. The molecule has 0 spiro atoms. The maximum Gasteiger partial charge on any atom is 0.0657 e. The van der Waals surface area contributed by atoms with Crippen molar-refractivity contribution in [3.8, 4) is 0 Å². The van der Waals surface area contributed by atoms with Gasteiger partial charge in [-0.1, -0.05) is 30.3 Å². The maximum atomic E-state index is 5.28. The first kappa shape index (κ1) is 8.53. The fraction of sp³-hybridized carbons (Fsp3) is 0.100. The zero-order valence-electron chi connectivity index (χ0n) is 7.07. The summed E-state index contributed by atoms with van der Waals surface area (Å²) >= 11 is 0. The molecule has 2 N–H and O–H groups in total. The summed E-state index contributed by atoms with van der Waals surface area (Å²) in [6, 6.07) is 9.93. The summed E-state index contributed by atoms with van der Waals surface area (Å²) in [5.41, 5.74) is 7.27. The topological polar surface area (TPSA) is 38.4 Å². The molecule has 0 saturated carbocycles. The molecule has 1 aromatic carbocycles. The maximum absolute atomic E-state index is 5.28. The highest BCUT2D eigenvalue weighted by atomic mass is 14.7. The van der Waals surface area contributed by atoms with Crippen molar-refractivity contribution in [2.24, 2.45) is 10.7 Å². The molecule has 2 heteroatoms. The Morgan fingerprint density at radius 1 is 1.33 bits per heavy atom. The Labute approximate surface area is 72.4 Å². The van der Waals surface area contributed by atoms with Crippen LogP contribution in [0, 0.1) is 0 Å². The van der Waals surface area contributed by atoms with Crippen LogP contribution in [0.15, 0.2) is 47.6 Å². The van der Waals surface area contributed by atoms with E-state index in [1.54, 1.807) is 13.1 Å². The third-order valence-corrected chi connectivity index (χ3v) is 1.56. The first-order valence-corrected chi connectivity index (χ1v) is 3.79. The number of hydrogen-bond acceptors (Lipinski definition) is 2. The second-order valence-electron chi connectivity index (χ2n) is 2.33. The molecular weight excluding hydrogens is 148 g/mol. The number of allylic oxidation sites excluding steroid dienone is 1. The van der Waals surface area contributed by atoms with Gasteiger partial charge in [-0.15, -0.1) is 0 Å². The SMILES string of the molecule is CN=C(C=CN)c1ccccc1. The quantitative estimate of drug-likeness (QED) is 0.655. The van der Waals surface area contributed by atoms with Crippen molar-refractivity contribution >= 4 is 5.71 Å². The van der Waals surface area contributed by atoms with Gasteiger partial charge in [-0.3, -0.25) is 4.99 Å². The fourth-order valence-corrected chi connectivity index (χ4v) is 1.000. The summed E-state index contributed by atoms with van der Waals surface area (Å²) in [4.78, 5) is 4.10. The Kier molecular flexibility index (Phi) is 3.08. The molecule has 0 aromatic heterocycles. The molecule has 0 aliphatic carbocycles. The van der Waals surface area contributed by atoms with Crippen molar-refractivity contribution < 1.29 is 0 Å². The number of benzene rings is 1. The van der Waals surface area contributed by atoms with E-state index in [4.69, 9.17) is 5.73 Å². The number of nitrogens with zero attached hydrogens (tertiary/aromatic N) is 1. The summed E-state index contributed by atoms with van der Waals surface area (Å²) in [6.45, 7) is 0. The number of hydrogen-bond donors (Lipinski definition) is 1. The molecule has 0 amide bonds. The van der Waals surface area contributed by atoms with Gasteiger partial charge in [0.05, 0.1) is 5.71 Å². The van der Waals surface area contributed by atoms with E-state index in [1.807, 2.05) is 30.3 Å². The van der Waals surface area contributed by atoms with E-state index < -0.39 is 0 Å². The van der Waals surface area contributed by atoms with Crippen LogP contribution in [0.2, 0.25) is 0 Å². The van der Waals surface area contributed by atoms with E-state index >= 15 is 0 Å². The lowest BCUT2D eigenvalue weighted by Gasteiger charge is -1.98. The van der Waals surface area contributed by atoms with Crippen molar-refractivity contribution in [2.45, 2.75) is 0 Å². The monoisotopic (exact) mass is 160 g/mol. The van der Waals surface area contributed by atoms with Crippen LogP contribution in [0.25, 0.3) is 0 Å². The van der Waals surface area contributed by atoms with Gasteiger partial charge < -0.3 is 5.73 Å². The highest BCUT2D eigenvalue weighted by Gasteiger charge is 1.94. The number of aliphatic imine (C=N–C) groups is 1. The van der Waals surface area contributed by atoms with Crippen molar-refractivity contribution in [3.05, 3.63) is 48.2 Å². The average Bonchev–Trinajstić information content (AvgIpc) is 2.15. The zero-order chi connectivity index (χ0) is 8.81. The fourth-order valence-electron chi connectivity index (χ4n) is 1.000. The minimum absolute atomic E-state index is 0.901. The van der Waals surface area contributed by atoms with Gasteiger partial charge in [-0.05, 0) is 17.8 Å². The molecule has 0 fully saturated rings. The predicted molar refractivity (Wildman–Crippen MR) is 52.2 cm³/mol. The van der Waals surface area contributed by atoms with Gasteiger partial charge in [0.2, 0.25) is 0 Å². The second kappa shape index (κ2) is 4.34. The minimum atomic E-state index is 0.901. The molecule has 0 bridgehead atoms. The predicted octanol–water partition coefficient (Wildman–Crippen LogP) is 1.58. The highest BCUT2D eigenvalue weighted by Crippen LogP contribution is 2.01. The Balaban J connectivity index is 2.97. The molecule has 0 atom stereocenters. The van der Waals surface area contributed by atoms with Gasteiger partial charge in [0.25, 0.3) is 0 Å². The molecule has 0 aliphatic heterocycles. The summed E-state index contributed by atoms with van der Waals surface area (Å²) < 4.78 is 0. The lowest BCUT2D eigenvalue weighted by Crippen LogP contribution is -1.96. The molecule has 0 heterocycles. The number of rotatable bonds is 2. The average molecular weight is 160 g/mol. The Hall–Kier alpha value is -1.57. The van der Waals surface area contributed by atoms with E-state index in [0.717, 1.165) is 11.3 Å². The van der Waals surface area contributed by atoms with Crippen LogP contribution in [0.1, 0.15) is 5.56 Å². The summed E-state index contributed by atoms with van der Waals surface area (Å²) in [6.07, 6.45) is 3.28. The van der Waals surface area contributed by atoms with Crippen LogP contribution in [-0.4, -0.2) is 12.8 Å². The first-order valence-electron chi connectivity index (χ1n) is 3.79. The van der Waals surface area contributed by atoms with Crippen LogP contribution < -0.4 is 5.73 Å². The van der Waals surface area contributed by atoms with Crippen LogP contribution >= 0.6 is 0 Å². The third kappa shape index (κ3) is 1.95. The smallest absolute Gasteiger partial charge is 0.0657 e. The molecule has 0 saturated heterocycles. The Morgan fingerprint density at radius 3 is 2.50 bits per heavy atom. The van der Waals surface area contributed by atoms with E-state index in [2.05, 4.69) is 4.99 Å². The Morgan fingerprint density at radius 2 is 2.00 bits per heavy atom. The van der Waals surface area contributed by atoms with Crippen molar-refractivity contribution in [3.63, 3.8) is 0 Å². The van der Waals surface area contributed by atoms with Crippen LogP contribution in [0.4, 0.5) is 0 Å². The van der Waals surface area contributed by atoms with Crippen LogP contribution in [0.5, 0.6) is 0 Å². The lowest BCUT2D eigenvalue weighted by atomic mass is 10.1. The number of nitrogens with two attached hydrogens (primary N) is 1. The van der Waals surface area contributed by atoms with E-state index in [1.165, 1.54) is 6.20 Å². The Bertz CT molecular complexity index is 286. The van der Waals surface area contributed by atoms with Gasteiger partial charge in [0, 0.05) is 7.05 Å². The minimum Gasteiger partial charge on any atom is -0.405 e. The van der Waals surface area contributed by atoms with E-state index in [9.17, 15) is 0 Å². The van der Waals surface area contributed by atoms with Gasteiger partial charge in [0.15, 0.2) is 0 Å². The standard InChI is InChI=1S/C10H12N2/c1-12-10(7-8-11)9-5-3-2-4-6-9/h2-8H,11H2,1H3. The van der Waals surface area contributed by atoms with Crippen LogP contribution in [0.3, 0.4) is 0 Å². The van der Waals surface area contributed by atoms with Gasteiger partial charge >= 0.3 is 0 Å². The first-order chi connectivity index (χ1) is 5.88. The van der Waals surface area contributed by atoms with Crippen LogP contribution in [-0.2, 0) is 0 Å². The van der Waals surface area contributed by atoms with Crippen molar-refractivity contribution in [2.75, 3.05) is 7.05 Å². The normalized spacial score (nSPS) is 12.2. The van der Waals surface area contributed by atoms with Crippen molar-refractivity contribution in [1.82, 2.24) is 0 Å². The summed E-state index contributed by atoms with van der Waals surface area (Å²) in [5.74, 6) is 0. The zero-order valence-corrected chi connectivity index (χ0v) is 7.07.